The van der Waals surface area contributed by atoms with Crippen molar-refractivity contribution in [3.8, 4) is 17.0 Å². The molecule has 1 unspecified atom stereocenters. The number of carbonyl (C=O) groups is 1. The van der Waals surface area contributed by atoms with Crippen molar-refractivity contribution in [2.75, 3.05) is 25.5 Å². The molecule has 1 aromatic carbocycles. The normalized spacial score (nSPS) is 17.5. The van der Waals surface area contributed by atoms with Gasteiger partial charge in [-0.3, -0.25) is 4.98 Å². The van der Waals surface area contributed by atoms with Crippen LogP contribution in [0.2, 0.25) is 0 Å². The van der Waals surface area contributed by atoms with Crippen LogP contribution >= 0.6 is 0 Å². The molecule has 3 aromatic rings. The summed E-state index contributed by atoms with van der Waals surface area (Å²) >= 11 is 0. The summed E-state index contributed by atoms with van der Waals surface area (Å²) in [6, 6.07) is 9.93. The Morgan fingerprint density at radius 2 is 2.00 bits per heavy atom. The van der Waals surface area contributed by atoms with Crippen LogP contribution in [-0.4, -0.2) is 36.5 Å². The second-order valence-electron chi connectivity index (χ2n) is 8.81. The van der Waals surface area contributed by atoms with Crippen LogP contribution in [0, 0.1) is 6.92 Å². The molecule has 3 N–H and O–H groups in total. The largest absolute Gasteiger partial charge is 0.495 e. The molecule has 0 aliphatic carbocycles. The average molecular weight is 456 g/mol. The third-order valence-electron chi connectivity index (χ3n) is 6.63. The van der Waals surface area contributed by atoms with Crippen molar-refractivity contribution in [2.24, 2.45) is 0 Å². The van der Waals surface area contributed by atoms with E-state index in [1.807, 2.05) is 18.2 Å². The molecule has 2 aromatic heterocycles. The van der Waals surface area contributed by atoms with Crippen molar-refractivity contribution in [1.82, 2.24) is 20.6 Å². The SMILES string of the molecule is COc1cncc(-c2cc3c(c(Nc4ccc(C5CCNCC5)c(C)c4)n2)C(C=O)NC=C3)c1. The molecule has 7 nitrogen and oxygen atoms in total. The molecule has 34 heavy (non-hydrogen) atoms. The van der Waals surface area contributed by atoms with Crippen LogP contribution in [-0.2, 0) is 4.79 Å². The number of ether oxygens (including phenoxy) is 1. The molecule has 5 rings (SSSR count). The summed E-state index contributed by atoms with van der Waals surface area (Å²) in [6.45, 7) is 4.31. The van der Waals surface area contributed by atoms with E-state index in [9.17, 15) is 4.79 Å². The van der Waals surface area contributed by atoms with Crippen LogP contribution in [0.3, 0.4) is 0 Å². The van der Waals surface area contributed by atoms with Gasteiger partial charge in [0.1, 0.15) is 23.9 Å². The molecule has 0 saturated carbocycles. The number of carbonyl (C=O) groups excluding carboxylic acids is 1. The van der Waals surface area contributed by atoms with Gasteiger partial charge in [0.05, 0.1) is 19.0 Å². The fourth-order valence-electron chi connectivity index (χ4n) is 4.87. The molecule has 4 heterocycles. The van der Waals surface area contributed by atoms with Crippen molar-refractivity contribution < 1.29 is 9.53 Å². The highest BCUT2D eigenvalue weighted by Gasteiger charge is 2.23. The Morgan fingerprint density at radius 1 is 1.15 bits per heavy atom. The lowest BCUT2D eigenvalue weighted by atomic mass is 9.87. The second-order valence-corrected chi connectivity index (χ2v) is 8.81. The highest BCUT2D eigenvalue weighted by Crippen LogP contribution is 2.35. The Kier molecular flexibility index (Phi) is 6.27. The van der Waals surface area contributed by atoms with E-state index < -0.39 is 6.04 Å². The summed E-state index contributed by atoms with van der Waals surface area (Å²) in [5.74, 6) is 1.91. The Balaban J connectivity index is 1.54. The average Bonchev–Trinajstić information content (AvgIpc) is 2.88. The number of aldehydes is 1. The van der Waals surface area contributed by atoms with E-state index in [4.69, 9.17) is 9.72 Å². The van der Waals surface area contributed by atoms with Gasteiger partial charge in [-0.05, 0) is 92.0 Å². The van der Waals surface area contributed by atoms with Gasteiger partial charge in [-0.2, -0.15) is 0 Å². The molecule has 1 saturated heterocycles. The molecule has 1 atom stereocenters. The fraction of sp³-hybridized carbons (Fsp3) is 0.296. The predicted octanol–water partition coefficient (Wildman–Crippen LogP) is 4.49. The lowest BCUT2D eigenvalue weighted by molar-refractivity contribution is -0.109. The molecular weight excluding hydrogens is 426 g/mol. The summed E-state index contributed by atoms with van der Waals surface area (Å²) < 4.78 is 5.34. The van der Waals surface area contributed by atoms with E-state index in [0.29, 0.717) is 17.5 Å². The summed E-state index contributed by atoms with van der Waals surface area (Å²) in [5, 5.41) is 10.1. The first-order chi connectivity index (χ1) is 16.7. The molecule has 2 aliphatic rings. The fourth-order valence-corrected chi connectivity index (χ4v) is 4.87. The van der Waals surface area contributed by atoms with Gasteiger partial charge in [-0.15, -0.1) is 0 Å². The number of benzene rings is 1. The molecule has 1 fully saturated rings. The van der Waals surface area contributed by atoms with Gasteiger partial charge in [0.25, 0.3) is 0 Å². The minimum absolute atomic E-state index is 0.470. The van der Waals surface area contributed by atoms with E-state index in [0.717, 1.165) is 60.3 Å². The zero-order valence-corrected chi connectivity index (χ0v) is 19.5. The minimum atomic E-state index is -0.470. The highest BCUT2D eigenvalue weighted by atomic mass is 16.5. The Hall–Kier alpha value is -3.71. The smallest absolute Gasteiger partial charge is 0.146 e. The number of aromatic nitrogens is 2. The van der Waals surface area contributed by atoms with Crippen molar-refractivity contribution >= 4 is 23.9 Å². The van der Waals surface area contributed by atoms with Gasteiger partial charge in [-0.25, -0.2) is 4.98 Å². The van der Waals surface area contributed by atoms with E-state index in [1.54, 1.807) is 25.7 Å². The molecule has 174 valence electrons. The molecule has 0 spiro atoms. The van der Waals surface area contributed by atoms with Crippen molar-refractivity contribution in [3.63, 3.8) is 0 Å². The second kappa shape index (κ2) is 9.65. The van der Waals surface area contributed by atoms with Crippen LogP contribution < -0.4 is 20.7 Å². The van der Waals surface area contributed by atoms with E-state index in [-0.39, 0.29) is 0 Å². The van der Waals surface area contributed by atoms with E-state index in [2.05, 4.69) is 46.1 Å². The number of anilines is 2. The first kappa shape index (κ1) is 22.1. The Morgan fingerprint density at radius 3 is 2.76 bits per heavy atom. The maximum absolute atomic E-state index is 11.9. The predicted molar refractivity (Wildman–Crippen MR) is 134 cm³/mol. The Labute approximate surface area is 199 Å². The van der Waals surface area contributed by atoms with Gasteiger partial charge in [0, 0.05) is 23.0 Å². The number of piperidine rings is 1. The summed E-state index contributed by atoms with van der Waals surface area (Å²) in [7, 11) is 1.62. The number of hydrogen-bond acceptors (Lipinski definition) is 7. The molecule has 2 aliphatic heterocycles. The first-order valence-electron chi connectivity index (χ1n) is 11.7. The minimum Gasteiger partial charge on any atom is -0.495 e. The summed E-state index contributed by atoms with van der Waals surface area (Å²) in [5.41, 5.74) is 7.00. The van der Waals surface area contributed by atoms with E-state index in [1.165, 1.54) is 11.1 Å². The number of rotatable bonds is 6. The van der Waals surface area contributed by atoms with Crippen molar-refractivity contribution in [3.05, 3.63) is 71.2 Å². The first-order valence-corrected chi connectivity index (χ1v) is 11.7. The third-order valence-corrected chi connectivity index (χ3v) is 6.63. The van der Waals surface area contributed by atoms with Crippen LogP contribution in [0.25, 0.3) is 17.3 Å². The quantitative estimate of drug-likeness (QED) is 0.472. The Bertz CT molecular complexity index is 1230. The summed E-state index contributed by atoms with van der Waals surface area (Å²) in [6.07, 6.45) is 10.4. The molecule has 0 bridgehead atoms. The van der Waals surface area contributed by atoms with Gasteiger partial charge in [-0.1, -0.05) is 6.07 Å². The standard InChI is InChI=1S/C27H29N5O2/c1-17-11-21(3-4-23(17)18-5-8-28-9-6-18)31-27-26-19(7-10-30-25(26)16-33)13-24(32-27)20-12-22(34-2)15-29-14-20/h3-4,7,10-16,18,25,28,30H,5-6,8-9H2,1-2H3,(H,31,32). The number of pyridine rings is 2. The number of nitrogens with zero attached hydrogens (tertiary/aromatic N) is 2. The van der Waals surface area contributed by atoms with Gasteiger partial charge >= 0.3 is 0 Å². The number of methoxy groups -OCH3 is 1. The topological polar surface area (TPSA) is 88.2 Å². The monoisotopic (exact) mass is 455 g/mol. The molecule has 0 amide bonds. The van der Waals surface area contributed by atoms with E-state index >= 15 is 0 Å². The van der Waals surface area contributed by atoms with Crippen LogP contribution in [0.15, 0.2) is 48.9 Å². The molecule has 0 radical (unpaired) electrons. The maximum atomic E-state index is 11.9. The lowest BCUT2D eigenvalue weighted by Crippen LogP contribution is -2.26. The maximum Gasteiger partial charge on any atom is 0.146 e. The van der Waals surface area contributed by atoms with Gasteiger partial charge in [0.15, 0.2) is 0 Å². The van der Waals surface area contributed by atoms with Crippen molar-refractivity contribution in [1.29, 1.82) is 0 Å². The number of fused-ring (bicyclic) bond motifs is 1. The number of hydrogen-bond donors (Lipinski definition) is 3. The number of nitrogens with one attached hydrogen (secondary N) is 3. The molecule has 7 heteroatoms. The third kappa shape index (κ3) is 4.39. The zero-order valence-electron chi connectivity index (χ0n) is 19.5. The van der Waals surface area contributed by atoms with Crippen LogP contribution in [0.5, 0.6) is 5.75 Å². The van der Waals surface area contributed by atoms with Gasteiger partial charge in [0.2, 0.25) is 0 Å². The van der Waals surface area contributed by atoms with Crippen molar-refractivity contribution in [2.45, 2.75) is 31.7 Å². The summed E-state index contributed by atoms with van der Waals surface area (Å²) in [4.78, 5) is 21.1. The van der Waals surface area contributed by atoms with Crippen LogP contribution in [0.1, 0.15) is 47.1 Å². The zero-order chi connectivity index (χ0) is 23.5. The van der Waals surface area contributed by atoms with Crippen LogP contribution in [0.4, 0.5) is 11.5 Å². The number of aryl methyl sites for hydroxylation is 1. The lowest BCUT2D eigenvalue weighted by Gasteiger charge is -2.25. The highest BCUT2D eigenvalue weighted by molar-refractivity contribution is 5.80. The molecular formula is C27H29N5O2. The van der Waals surface area contributed by atoms with Gasteiger partial charge < -0.3 is 25.5 Å².